The minimum absolute atomic E-state index is 0. The Kier molecular flexibility index (Phi) is 11.2. The number of isocyanates is 1. The number of rotatable bonds is 6. The van der Waals surface area contributed by atoms with Crippen LogP contribution < -0.4 is 4.74 Å². The van der Waals surface area contributed by atoms with Crippen molar-refractivity contribution < 1.29 is 9.53 Å². The lowest BCUT2D eigenvalue weighted by molar-refractivity contribution is 0.507. The molecule has 0 aliphatic carbocycles. The zero-order valence-corrected chi connectivity index (χ0v) is 15.0. The number of carbonyl (C=O) groups excluding carboxylic acids is 1. The second kappa shape index (κ2) is 12.7. The van der Waals surface area contributed by atoms with Gasteiger partial charge in [-0.2, -0.15) is 4.99 Å². The number of hydrogen-bond acceptors (Lipinski definition) is 4. The maximum Gasteiger partial charge on any atom is 0.292 e. The highest BCUT2D eigenvalue weighted by molar-refractivity contribution is 5.57. The van der Waals surface area contributed by atoms with Gasteiger partial charge in [-0.15, -0.1) is 5.26 Å². The van der Waals surface area contributed by atoms with Crippen molar-refractivity contribution in [1.29, 1.82) is 5.26 Å². The van der Waals surface area contributed by atoms with Gasteiger partial charge in [0.1, 0.15) is 5.75 Å². The van der Waals surface area contributed by atoms with Crippen molar-refractivity contribution in [2.24, 2.45) is 4.99 Å². The Balaban J connectivity index is 0.00000280. The van der Waals surface area contributed by atoms with Gasteiger partial charge in [-0.25, -0.2) is 4.79 Å². The van der Waals surface area contributed by atoms with Crippen molar-refractivity contribution in [1.82, 2.24) is 0 Å². The molecule has 0 fully saturated rings. The first-order chi connectivity index (χ1) is 13.2. The average molecular weight is 403 g/mol. The Morgan fingerprint density at radius 3 is 2.00 bits per heavy atom. The highest BCUT2D eigenvalue weighted by atomic mass is 16.5. The van der Waals surface area contributed by atoms with Crippen molar-refractivity contribution in [3.05, 3.63) is 94.5 Å². The molecule has 0 bridgehead atoms. The van der Waals surface area contributed by atoms with Gasteiger partial charge in [-0.05, 0) is 60.2 Å². The third kappa shape index (κ3) is 7.05. The maximum absolute atomic E-state index is 10.9. The molecule has 0 atom stereocenters. The van der Waals surface area contributed by atoms with E-state index in [9.17, 15) is 4.79 Å². The van der Waals surface area contributed by atoms with E-state index in [0.29, 0.717) is 24.3 Å². The Hall–Kier alpha value is -3.67. The van der Waals surface area contributed by atoms with E-state index in [1.165, 1.54) is 11.1 Å². The molecule has 0 aliphatic heterocycles. The molecule has 4 heteroatoms. The van der Waals surface area contributed by atoms with Crippen LogP contribution in [-0.4, -0.2) is 6.08 Å². The molecule has 3 aromatic carbocycles. The van der Waals surface area contributed by atoms with E-state index < -0.39 is 0 Å². The molecule has 0 saturated carbocycles. The largest absolute Gasteiger partial charge is 0.388 e. The predicted octanol–water partition coefficient (Wildman–Crippen LogP) is 6.91. The molecule has 0 unspecified atom stereocenters. The first kappa shape index (κ1) is 26.3. The summed E-state index contributed by atoms with van der Waals surface area (Å²) in [5.41, 5.74) is 6.14. The molecule has 30 heavy (non-hydrogen) atoms. The molecular formula is C26H30N2O2. The van der Waals surface area contributed by atoms with E-state index in [2.05, 4.69) is 36.2 Å². The van der Waals surface area contributed by atoms with E-state index in [4.69, 9.17) is 10.00 Å². The number of aliphatic imine (C=N–C) groups is 1. The molecule has 156 valence electrons. The van der Waals surface area contributed by atoms with Crippen molar-refractivity contribution >= 4 is 11.8 Å². The van der Waals surface area contributed by atoms with Gasteiger partial charge >= 0.3 is 0 Å². The Labute approximate surface area is 180 Å². The molecule has 0 aromatic heterocycles. The van der Waals surface area contributed by atoms with Crippen LogP contribution in [0.3, 0.4) is 0 Å². The van der Waals surface area contributed by atoms with Crippen molar-refractivity contribution in [3.63, 3.8) is 0 Å². The van der Waals surface area contributed by atoms with Gasteiger partial charge in [0.2, 0.25) is 6.08 Å². The number of nitriles is 1. The highest BCUT2D eigenvalue weighted by Crippen LogP contribution is 2.25. The number of benzene rings is 3. The zero-order chi connectivity index (χ0) is 19.1. The SMILES string of the molecule is C.C.C.Cc1ccc(Cc2ccc(Cc3ccc(OC#N)cc3)cc2N=C=O)cc1. The summed E-state index contributed by atoms with van der Waals surface area (Å²) >= 11 is 0. The van der Waals surface area contributed by atoms with Crippen LogP contribution in [0.15, 0.2) is 71.7 Å². The highest BCUT2D eigenvalue weighted by Gasteiger charge is 2.06. The lowest BCUT2D eigenvalue weighted by Crippen LogP contribution is -1.93. The molecule has 0 radical (unpaired) electrons. The topological polar surface area (TPSA) is 62.4 Å². The lowest BCUT2D eigenvalue weighted by Gasteiger charge is -2.09. The van der Waals surface area contributed by atoms with Gasteiger partial charge in [0.25, 0.3) is 6.26 Å². The van der Waals surface area contributed by atoms with Crippen LogP contribution in [0.25, 0.3) is 0 Å². The van der Waals surface area contributed by atoms with Gasteiger partial charge in [-0.1, -0.05) is 76.4 Å². The Bertz CT molecular complexity index is 1010. The quantitative estimate of drug-likeness (QED) is 0.255. The summed E-state index contributed by atoms with van der Waals surface area (Å²) in [5.74, 6) is 0.515. The lowest BCUT2D eigenvalue weighted by atomic mass is 9.98. The van der Waals surface area contributed by atoms with E-state index >= 15 is 0 Å². The van der Waals surface area contributed by atoms with E-state index in [1.807, 2.05) is 30.3 Å². The minimum Gasteiger partial charge on any atom is -0.388 e. The summed E-state index contributed by atoms with van der Waals surface area (Å²) in [7, 11) is 0. The molecule has 3 rings (SSSR count). The van der Waals surface area contributed by atoms with E-state index in [0.717, 1.165) is 16.7 Å². The maximum atomic E-state index is 10.9. The number of aryl methyl sites for hydroxylation is 1. The standard InChI is InChI=1S/C23H18N2O2.3CH4/c1-17-2-4-19(5-3-17)13-21-9-6-20(14-23(21)25-16-26)12-18-7-10-22(11-8-18)27-15-24;;;/h2-11,14H,12-13H2,1H3;3*1H4. The molecule has 0 aliphatic rings. The second-order valence-corrected chi connectivity index (χ2v) is 6.34. The van der Waals surface area contributed by atoms with Crippen molar-refractivity contribution in [2.45, 2.75) is 42.0 Å². The fraction of sp³-hybridized carbons (Fsp3) is 0.231. The molecule has 0 amide bonds. The van der Waals surface area contributed by atoms with Crippen LogP contribution >= 0.6 is 0 Å². The molecular weight excluding hydrogens is 372 g/mol. The first-order valence-electron chi connectivity index (χ1n) is 8.58. The number of ether oxygens (including phenoxy) is 1. The zero-order valence-electron chi connectivity index (χ0n) is 15.0. The summed E-state index contributed by atoms with van der Waals surface area (Å²) in [6.45, 7) is 2.06. The van der Waals surface area contributed by atoms with Gasteiger partial charge in [0.15, 0.2) is 0 Å². The molecule has 0 spiro atoms. The van der Waals surface area contributed by atoms with Crippen molar-refractivity contribution in [2.75, 3.05) is 0 Å². The third-order valence-corrected chi connectivity index (χ3v) is 4.33. The normalized spacial score (nSPS) is 8.93. The number of hydrogen-bond donors (Lipinski definition) is 0. The molecule has 3 aromatic rings. The van der Waals surface area contributed by atoms with Crippen LogP contribution in [0.1, 0.15) is 50.1 Å². The van der Waals surface area contributed by atoms with Gasteiger partial charge in [-0.3, -0.25) is 0 Å². The van der Waals surface area contributed by atoms with Crippen LogP contribution in [0, 0.1) is 18.4 Å². The molecule has 0 heterocycles. The summed E-state index contributed by atoms with van der Waals surface area (Å²) in [6, 6.07) is 21.7. The average Bonchev–Trinajstić information content (AvgIpc) is 2.67. The van der Waals surface area contributed by atoms with E-state index in [-0.39, 0.29) is 22.3 Å². The van der Waals surface area contributed by atoms with Crippen molar-refractivity contribution in [3.8, 4) is 12.0 Å². The van der Waals surface area contributed by atoms with E-state index in [1.54, 1.807) is 24.5 Å². The fourth-order valence-electron chi connectivity index (χ4n) is 2.91. The summed E-state index contributed by atoms with van der Waals surface area (Å²) in [4.78, 5) is 14.8. The summed E-state index contributed by atoms with van der Waals surface area (Å²) in [6.07, 6.45) is 4.72. The first-order valence-corrected chi connectivity index (χ1v) is 8.58. The molecule has 0 saturated heterocycles. The van der Waals surface area contributed by atoms with Crippen LogP contribution in [-0.2, 0) is 17.6 Å². The van der Waals surface area contributed by atoms with Gasteiger partial charge in [0, 0.05) is 0 Å². The second-order valence-electron chi connectivity index (χ2n) is 6.34. The van der Waals surface area contributed by atoms with Crippen LogP contribution in [0.4, 0.5) is 5.69 Å². The smallest absolute Gasteiger partial charge is 0.292 e. The summed E-state index contributed by atoms with van der Waals surface area (Å²) in [5, 5.41) is 8.54. The Morgan fingerprint density at radius 1 is 0.833 bits per heavy atom. The Morgan fingerprint density at radius 2 is 1.40 bits per heavy atom. The monoisotopic (exact) mass is 402 g/mol. The van der Waals surface area contributed by atoms with Gasteiger partial charge < -0.3 is 4.74 Å². The summed E-state index contributed by atoms with van der Waals surface area (Å²) < 4.78 is 4.79. The van der Waals surface area contributed by atoms with Crippen LogP contribution in [0.5, 0.6) is 5.75 Å². The molecule has 4 nitrogen and oxygen atoms in total. The third-order valence-electron chi connectivity index (χ3n) is 4.33. The predicted molar refractivity (Wildman–Crippen MR) is 124 cm³/mol. The minimum atomic E-state index is 0. The van der Waals surface area contributed by atoms with Gasteiger partial charge in [0.05, 0.1) is 5.69 Å². The fourth-order valence-corrected chi connectivity index (χ4v) is 2.91. The molecule has 0 N–H and O–H groups in total. The van der Waals surface area contributed by atoms with Crippen LogP contribution in [0.2, 0.25) is 0 Å². The number of nitrogens with zero attached hydrogens (tertiary/aromatic N) is 2.